The smallest absolute Gasteiger partial charge is 0.303 e. The zero-order valence-corrected chi connectivity index (χ0v) is 18.8. The molecular weight excluding hydrogens is 436 g/mol. The lowest BCUT2D eigenvalue weighted by atomic mass is 10.1. The van der Waals surface area contributed by atoms with Gasteiger partial charge in [-0.05, 0) is 30.2 Å². The van der Waals surface area contributed by atoms with E-state index in [1.54, 1.807) is 24.3 Å². The van der Waals surface area contributed by atoms with E-state index in [1.165, 1.54) is 26.5 Å². The minimum atomic E-state index is -4.00. The Morgan fingerprint density at radius 2 is 1.88 bits per heavy atom. The summed E-state index contributed by atoms with van der Waals surface area (Å²) in [6.45, 7) is 1.19. The third kappa shape index (κ3) is 3.70. The molecule has 0 radical (unpaired) electrons. The molecule has 170 valence electrons. The number of hydrogen-bond donors (Lipinski definition) is 1. The fourth-order valence-corrected chi connectivity index (χ4v) is 5.24. The Labute approximate surface area is 185 Å². The minimum absolute atomic E-state index is 0.0722. The van der Waals surface area contributed by atoms with Gasteiger partial charge in [0, 0.05) is 37.2 Å². The number of methoxy groups -OCH3 is 2. The molecule has 1 aliphatic rings. The molecule has 9 nitrogen and oxygen atoms in total. The number of aromatic nitrogens is 1. The first-order valence-electron chi connectivity index (χ1n) is 9.97. The monoisotopic (exact) mass is 460 g/mol. The molecular formula is C22H24N2O7S. The van der Waals surface area contributed by atoms with Crippen LogP contribution in [0.4, 0.5) is 5.69 Å². The molecule has 2 heterocycles. The highest BCUT2D eigenvalue weighted by molar-refractivity contribution is 7.90. The first-order valence-corrected chi connectivity index (χ1v) is 11.4. The quantitative estimate of drug-likeness (QED) is 0.574. The van der Waals surface area contributed by atoms with Crippen molar-refractivity contribution in [2.45, 2.75) is 17.7 Å². The van der Waals surface area contributed by atoms with Gasteiger partial charge in [0.25, 0.3) is 10.0 Å². The standard InChI is InChI=1S/C22H24N2O7S/c1-23-8-9-31-19-10-15(5-6-17(19)23)32(27,28)24-13-14(4-7-22(25)26)16-11-20(29-2)21(30-3)12-18(16)24/h5-6,10-13H,4,7-9H2,1-3H3,(H,25,26). The number of aliphatic carboxylic acids is 1. The van der Waals surface area contributed by atoms with Crippen LogP contribution in [0, 0.1) is 0 Å². The summed E-state index contributed by atoms with van der Waals surface area (Å²) >= 11 is 0. The lowest BCUT2D eigenvalue weighted by molar-refractivity contribution is -0.136. The number of hydrogen-bond acceptors (Lipinski definition) is 7. The SMILES string of the molecule is COc1cc2c(CCC(=O)O)cn(S(=O)(=O)c3ccc4c(c3)OCCN4C)c2cc1OC. The molecule has 1 aliphatic heterocycles. The third-order valence-electron chi connectivity index (χ3n) is 5.55. The zero-order chi connectivity index (χ0) is 23.0. The van der Waals surface area contributed by atoms with Crippen molar-refractivity contribution in [2.75, 3.05) is 39.3 Å². The second-order valence-electron chi connectivity index (χ2n) is 7.47. The lowest BCUT2D eigenvalue weighted by Gasteiger charge is -2.27. The van der Waals surface area contributed by atoms with Crippen LogP contribution >= 0.6 is 0 Å². The summed E-state index contributed by atoms with van der Waals surface area (Å²) in [7, 11) is 0.867. The summed E-state index contributed by atoms with van der Waals surface area (Å²) in [4.78, 5) is 13.2. The van der Waals surface area contributed by atoms with Gasteiger partial charge in [-0.3, -0.25) is 4.79 Å². The van der Waals surface area contributed by atoms with Gasteiger partial charge in [0.2, 0.25) is 0 Å². The number of carboxylic acid groups (broad SMARTS) is 1. The molecule has 32 heavy (non-hydrogen) atoms. The molecule has 2 aromatic carbocycles. The molecule has 0 fully saturated rings. The van der Waals surface area contributed by atoms with Crippen LogP contribution in [0.5, 0.6) is 17.2 Å². The van der Waals surface area contributed by atoms with Crippen LogP contribution in [-0.4, -0.2) is 57.9 Å². The van der Waals surface area contributed by atoms with Crippen molar-refractivity contribution in [1.29, 1.82) is 0 Å². The topological polar surface area (TPSA) is 107 Å². The van der Waals surface area contributed by atoms with E-state index in [-0.39, 0.29) is 17.7 Å². The lowest BCUT2D eigenvalue weighted by Crippen LogP contribution is -2.29. The maximum atomic E-state index is 13.6. The van der Waals surface area contributed by atoms with Crippen LogP contribution in [0.15, 0.2) is 41.4 Å². The van der Waals surface area contributed by atoms with E-state index in [0.29, 0.717) is 40.3 Å². The first kappa shape index (κ1) is 21.8. The molecule has 0 amide bonds. The molecule has 0 aliphatic carbocycles. The largest absolute Gasteiger partial charge is 0.493 e. The van der Waals surface area contributed by atoms with Crippen molar-refractivity contribution in [3.8, 4) is 17.2 Å². The van der Waals surface area contributed by atoms with Crippen LogP contribution < -0.4 is 19.1 Å². The molecule has 1 N–H and O–H groups in total. The fourth-order valence-electron chi connectivity index (χ4n) is 3.84. The van der Waals surface area contributed by atoms with Gasteiger partial charge in [0.1, 0.15) is 12.4 Å². The maximum Gasteiger partial charge on any atom is 0.303 e. The summed E-state index contributed by atoms with van der Waals surface area (Å²) in [5.74, 6) is 0.332. The summed E-state index contributed by atoms with van der Waals surface area (Å²) < 4.78 is 44.8. The van der Waals surface area contributed by atoms with E-state index in [4.69, 9.17) is 19.3 Å². The number of likely N-dealkylation sites (N-methyl/N-ethyl adjacent to an activating group) is 1. The van der Waals surface area contributed by atoms with Crippen molar-refractivity contribution >= 4 is 32.6 Å². The third-order valence-corrected chi connectivity index (χ3v) is 7.22. The van der Waals surface area contributed by atoms with Gasteiger partial charge in [-0.15, -0.1) is 0 Å². The van der Waals surface area contributed by atoms with Crippen LogP contribution in [0.1, 0.15) is 12.0 Å². The highest BCUT2D eigenvalue weighted by atomic mass is 32.2. The van der Waals surface area contributed by atoms with E-state index >= 15 is 0 Å². The van der Waals surface area contributed by atoms with Gasteiger partial charge in [0.05, 0.1) is 36.9 Å². The highest BCUT2D eigenvalue weighted by Gasteiger charge is 2.26. The number of carboxylic acids is 1. The number of anilines is 1. The fraction of sp³-hybridized carbons (Fsp3) is 0.318. The minimum Gasteiger partial charge on any atom is -0.493 e. The van der Waals surface area contributed by atoms with Crippen molar-refractivity contribution in [3.63, 3.8) is 0 Å². The van der Waals surface area contributed by atoms with Crippen LogP contribution in [0.3, 0.4) is 0 Å². The first-order chi connectivity index (χ1) is 15.3. The second kappa shape index (κ2) is 8.27. The molecule has 0 bridgehead atoms. The van der Waals surface area contributed by atoms with E-state index < -0.39 is 16.0 Å². The Bertz CT molecular complexity index is 1300. The summed E-state index contributed by atoms with van der Waals surface area (Å²) in [5.41, 5.74) is 1.78. The van der Waals surface area contributed by atoms with Crippen molar-refractivity contribution in [3.05, 3.63) is 42.1 Å². The zero-order valence-electron chi connectivity index (χ0n) is 18.0. The summed E-state index contributed by atoms with van der Waals surface area (Å²) in [6.07, 6.45) is 1.50. The molecule has 0 unspecified atom stereocenters. The van der Waals surface area contributed by atoms with Gasteiger partial charge < -0.3 is 24.2 Å². The molecule has 10 heteroatoms. The number of nitrogens with zero attached hydrogens (tertiary/aromatic N) is 2. The number of aryl methyl sites for hydroxylation is 1. The van der Waals surface area contributed by atoms with E-state index in [1.807, 2.05) is 11.9 Å². The summed E-state index contributed by atoms with van der Waals surface area (Å²) in [6, 6.07) is 8.04. The molecule has 3 aromatic rings. The predicted octanol–water partition coefficient (Wildman–Crippen LogP) is 2.74. The number of fused-ring (bicyclic) bond motifs is 2. The van der Waals surface area contributed by atoms with Crippen molar-refractivity contribution in [2.24, 2.45) is 0 Å². The predicted molar refractivity (Wildman–Crippen MR) is 119 cm³/mol. The average molecular weight is 461 g/mol. The molecule has 1 aromatic heterocycles. The van der Waals surface area contributed by atoms with Crippen LogP contribution in [0.2, 0.25) is 0 Å². The van der Waals surface area contributed by atoms with Gasteiger partial charge in [0.15, 0.2) is 11.5 Å². The van der Waals surface area contributed by atoms with E-state index in [0.717, 1.165) is 16.2 Å². The Hall–Kier alpha value is -3.40. The Morgan fingerprint density at radius 3 is 2.56 bits per heavy atom. The van der Waals surface area contributed by atoms with Crippen LogP contribution in [0.25, 0.3) is 10.9 Å². The van der Waals surface area contributed by atoms with E-state index in [9.17, 15) is 13.2 Å². The molecule has 0 saturated carbocycles. The van der Waals surface area contributed by atoms with Gasteiger partial charge >= 0.3 is 5.97 Å². The molecule has 0 spiro atoms. The Morgan fingerprint density at radius 1 is 1.16 bits per heavy atom. The van der Waals surface area contributed by atoms with Gasteiger partial charge in [-0.2, -0.15) is 0 Å². The Balaban J connectivity index is 1.89. The summed E-state index contributed by atoms with van der Waals surface area (Å²) in [5, 5.41) is 9.71. The molecule has 0 atom stereocenters. The average Bonchev–Trinajstić information content (AvgIpc) is 3.14. The number of carbonyl (C=O) groups is 1. The Kier molecular flexibility index (Phi) is 5.64. The van der Waals surface area contributed by atoms with Crippen LogP contribution in [-0.2, 0) is 21.2 Å². The maximum absolute atomic E-state index is 13.6. The number of ether oxygens (including phenoxy) is 3. The van der Waals surface area contributed by atoms with E-state index in [2.05, 4.69) is 0 Å². The second-order valence-corrected chi connectivity index (χ2v) is 9.29. The molecule has 0 saturated heterocycles. The normalized spacial score (nSPS) is 13.5. The van der Waals surface area contributed by atoms with Gasteiger partial charge in [-0.1, -0.05) is 0 Å². The highest BCUT2D eigenvalue weighted by Crippen LogP contribution is 2.38. The van der Waals surface area contributed by atoms with Crippen molar-refractivity contribution in [1.82, 2.24) is 3.97 Å². The van der Waals surface area contributed by atoms with Crippen molar-refractivity contribution < 1.29 is 32.5 Å². The number of rotatable bonds is 7. The number of benzene rings is 2. The molecule has 4 rings (SSSR count). The van der Waals surface area contributed by atoms with Gasteiger partial charge in [-0.25, -0.2) is 12.4 Å².